The highest BCUT2D eigenvalue weighted by atomic mass is 16.5. The Morgan fingerprint density at radius 1 is 1.03 bits per heavy atom. The molecule has 11 nitrogen and oxygen atoms in total. The van der Waals surface area contributed by atoms with Crippen LogP contribution >= 0.6 is 0 Å². The number of nitrogens with zero attached hydrogens (tertiary/aromatic N) is 5. The molecule has 2 aromatic heterocycles. The largest absolute Gasteiger partial charge is 0.375 e. The van der Waals surface area contributed by atoms with E-state index in [-0.39, 0.29) is 23.4 Å². The number of ether oxygens (including phenoxy) is 1. The standard InChI is InChI=1S/C28H32N8O3/c1-29-28(38)25-22(12-24(33-34-25)32-27(37)15-6-7-15)31-21-5-3-4-19-20-13-30-36(23(20)14-35(2)26(19)21)16-10-17-8-9-18(11-16)39-17/h3-5,12-13,15-18H,6-11,14H2,1-2H3,(H,29,38)(H2,31,32,33,37)/t16?,17-,18+. The number of carbonyl (C=O) groups excluding carboxylic acids is 2. The molecule has 1 unspecified atom stereocenters. The molecule has 39 heavy (non-hydrogen) atoms. The monoisotopic (exact) mass is 528 g/mol. The third kappa shape index (κ3) is 4.30. The Hall–Kier alpha value is -3.99. The van der Waals surface area contributed by atoms with E-state index in [4.69, 9.17) is 9.84 Å². The number of hydrogen-bond donors (Lipinski definition) is 3. The summed E-state index contributed by atoms with van der Waals surface area (Å²) in [5.41, 5.74) is 5.89. The van der Waals surface area contributed by atoms with Crippen LogP contribution < -0.4 is 20.9 Å². The van der Waals surface area contributed by atoms with Gasteiger partial charge in [-0.3, -0.25) is 14.3 Å². The van der Waals surface area contributed by atoms with Crippen molar-refractivity contribution in [3.05, 3.63) is 41.9 Å². The van der Waals surface area contributed by atoms with Crippen molar-refractivity contribution in [1.29, 1.82) is 0 Å². The molecule has 3 aliphatic heterocycles. The van der Waals surface area contributed by atoms with Crippen LogP contribution in [0.5, 0.6) is 0 Å². The molecular weight excluding hydrogens is 496 g/mol. The highest BCUT2D eigenvalue weighted by molar-refractivity contribution is 6.01. The van der Waals surface area contributed by atoms with Gasteiger partial charge in [0.05, 0.1) is 53.7 Å². The molecule has 0 spiro atoms. The lowest BCUT2D eigenvalue weighted by molar-refractivity contribution is -0.117. The van der Waals surface area contributed by atoms with Crippen molar-refractivity contribution >= 4 is 34.7 Å². The van der Waals surface area contributed by atoms with Crippen LogP contribution in [0.3, 0.4) is 0 Å². The molecule has 4 aliphatic rings. The predicted molar refractivity (Wildman–Crippen MR) is 146 cm³/mol. The zero-order chi connectivity index (χ0) is 26.7. The minimum atomic E-state index is -0.364. The second kappa shape index (κ2) is 9.33. The van der Waals surface area contributed by atoms with E-state index in [1.807, 2.05) is 18.3 Å². The topological polar surface area (TPSA) is 126 Å². The maximum absolute atomic E-state index is 12.6. The van der Waals surface area contributed by atoms with E-state index in [2.05, 4.69) is 48.8 Å². The molecule has 3 N–H and O–H groups in total. The van der Waals surface area contributed by atoms with Crippen molar-refractivity contribution in [2.24, 2.45) is 5.92 Å². The molecule has 0 radical (unpaired) electrons. The molecule has 2 saturated heterocycles. The smallest absolute Gasteiger partial charge is 0.273 e. The summed E-state index contributed by atoms with van der Waals surface area (Å²) in [5, 5.41) is 22.0. The summed E-state index contributed by atoms with van der Waals surface area (Å²) in [6, 6.07) is 8.12. The molecule has 2 bridgehead atoms. The van der Waals surface area contributed by atoms with Gasteiger partial charge in [-0.05, 0) is 44.6 Å². The number of benzene rings is 1. The molecule has 11 heteroatoms. The average Bonchev–Trinajstić information content (AvgIpc) is 3.63. The van der Waals surface area contributed by atoms with Crippen LogP contribution in [0, 0.1) is 5.92 Å². The van der Waals surface area contributed by atoms with E-state index in [1.165, 1.54) is 5.69 Å². The van der Waals surface area contributed by atoms with Crippen molar-refractivity contribution in [3.8, 4) is 11.1 Å². The average molecular weight is 529 g/mol. The Kier molecular flexibility index (Phi) is 5.76. The van der Waals surface area contributed by atoms with Gasteiger partial charge in [-0.15, -0.1) is 10.2 Å². The lowest BCUT2D eigenvalue weighted by atomic mass is 9.96. The molecule has 1 aromatic carbocycles. The molecule has 3 aromatic rings. The molecule has 2 amide bonds. The van der Waals surface area contributed by atoms with Crippen LogP contribution in [0.1, 0.15) is 60.7 Å². The zero-order valence-corrected chi connectivity index (χ0v) is 22.1. The van der Waals surface area contributed by atoms with E-state index in [0.29, 0.717) is 36.3 Å². The molecule has 1 saturated carbocycles. The Morgan fingerprint density at radius 3 is 2.56 bits per heavy atom. The summed E-state index contributed by atoms with van der Waals surface area (Å²) in [7, 11) is 3.63. The predicted octanol–water partition coefficient (Wildman–Crippen LogP) is 3.62. The first-order chi connectivity index (χ1) is 19.0. The summed E-state index contributed by atoms with van der Waals surface area (Å²) >= 11 is 0. The first-order valence-electron chi connectivity index (χ1n) is 13.7. The number of hydrogen-bond acceptors (Lipinski definition) is 8. The fourth-order valence-electron chi connectivity index (χ4n) is 6.24. The van der Waals surface area contributed by atoms with E-state index < -0.39 is 0 Å². The molecule has 3 fully saturated rings. The normalized spacial score (nSPS) is 23.1. The first-order valence-corrected chi connectivity index (χ1v) is 13.7. The van der Waals surface area contributed by atoms with Gasteiger partial charge in [0.1, 0.15) is 0 Å². The number of aromatic nitrogens is 4. The van der Waals surface area contributed by atoms with Crippen LogP contribution in [0.25, 0.3) is 11.1 Å². The Morgan fingerprint density at radius 2 is 1.82 bits per heavy atom. The van der Waals surface area contributed by atoms with E-state index in [0.717, 1.165) is 61.0 Å². The fourth-order valence-corrected chi connectivity index (χ4v) is 6.24. The van der Waals surface area contributed by atoms with Crippen molar-refractivity contribution in [3.63, 3.8) is 0 Å². The third-order valence-corrected chi connectivity index (χ3v) is 8.31. The maximum atomic E-state index is 12.6. The van der Waals surface area contributed by atoms with Crippen LogP contribution in [0.4, 0.5) is 22.9 Å². The molecule has 5 heterocycles. The van der Waals surface area contributed by atoms with Crippen LogP contribution in [-0.2, 0) is 16.1 Å². The van der Waals surface area contributed by atoms with Gasteiger partial charge in [0, 0.05) is 37.2 Å². The summed E-state index contributed by atoms with van der Waals surface area (Å²) in [5.74, 6) is -0.0868. The molecule has 202 valence electrons. The van der Waals surface area contributed by atoms with Gasteiger partial charge >= 0.3 is 0 Å². The summed E-state index contributed by atoms with van der Waals surface area (Å²) < 4.78 is 8.31. The SMILES string of the molecule is CNC(=O)c1nnc(NC(=O)C2CC2)cc1Nc1cccc2c1N(C)Cc1c-2cnn1C1C[C@H]2CC[C@@H](C1)O2. The Bertz CT molecular complexity index is 1450. The van der Waals surface area contributed by atoms with Gasteiger partial charge in [-0.2, -0.15) is 5.10 Å². The maximum Gasteiger partial charge on any atom is 0.273 e. The van der Waals surface area contributed by atoms with Crippen LogP contribution in [-0.4, -0.2) is 58.1 Å². The Labute approximate surface area is 226 Å². The van der Waals surface area contributed by atoms with Crippen molar-refractivity contribution < 1.29 is 14.3 Å². The summed E-state index contributed by atoms with van der Waals surface area (Å²) in [6.07, 6.45) is 8.78. The van der Waals surface area contributed by atoms with Gasteiger partial charge in [-0.25, -0.2) is 0 Å². The van der Waals surface area contributed by atoms with Crippen molar-refractivity contribution in [2.75, 3.05) is 29.6 Å². The van der Waals surface area contributed by atoms with Gasteiger partial charge in [0.25, 0.3) is 5.91 Å². The second-order valence-corrected chi connectivity index (χ2v) is 11.0. The lowest BCUT2D eigenvalue weighted by Crippen LogP contribution is -2.31. The number of rotatable bonds is 6. The molecule has 7 rings (SSSR count). The third-order valence-electron chi connectivity index (χ3n) is 8.31. The van der Waals surface area contributed by atoms with Crippen molar-refractivity contribution in [2.45, 2.75) is 63.3 Å². The highest BCUT2D eigenvalue weighted by Crippen LogP contribution is 2.46. The number of carbonyl (C=O) groups is 2. The zero-order valence-electron chi connectivity index (χ0n) is 22.1. The molecule has 1 aliphatic carbocycles. The summed E-state index contributed by atoms with van der Waals surface area (Å²) in [4.78, 5) is 27.2. The van der Waals surface area contributed by atoms with Gasteiger partial charge in [0.15, 0.2) is 11.5 Å². The number of fused-ring (bicyclic) bond motifs is 5. The number of nitrogens with one attached hydrogen (secondary N) is 3. The quantitative estimate of drug-likeness (QED) is 0.443. The second-order valence-electron chi connectivity index (χ2n) is 11.0. The first kappa shape index (κ1) is 24.1. The summed E-state index contributed by atoms with van der Waals surface area (Å²) in [6.45, 7) is 0.716. The molecule has 3 atom stereocenters. The van der Waals surface area contributed by atoms with E-state index in [9.17, 15) is 9.59 Å². The fraction of sp³-hybridized carbons (Fsp3) is 0.464. The van der Waals surface area contributed by atoms with Gasteiger partial charge in [0.2, 0.25) is 5.91 Å². The van der Waals surface area contributed by atoms with E-state index in [1.54, 1.807) is 13.1 Å². The van der Waals surface area contributed by atoms with Gasteiger partial charge < -0.3 is 25.6 Å². The molecular formula is C28H32N8O3. The minimum absolute atomic E-state index is 0.0306. The lowest BCUT2D eigenvalue weighted by Gasteiger charge is -2.34. The number of amides is 2. The van der Waals surface area contributed by atoms with Crippen LogP contribution in [0.15, 0.2) is 30.5 Å². The van der Waals surface area contributed by atoms with Crippen LogP contribution in [0.2, 0.25) is 0 Å². The minimum Gasteiger partial charge on any atom is -0.375 e. The van der Waals surface area contributed by atoms with Crippen molar-refractivity contribution in [1.82, 2.24) is 25.3 Å². The highest BCUT2D eigenvalue weighted by Gasteiger charge is 2.38. The number of anilines is 4. The number of para-hydroxylation sites is 1. The van der Waals surface area contributed by atoms with E-state index >= 15 is 0 Å². The Balaban J connectivity index is 1.23. The van der Waals surface area contributed by atoms with Gasteiger partial charge in [-0.1, -0.05) is 12.1 Å².